The van der Waals surface area contributed by atoms with Crippen LogP contribution in [0, 0.1) is 0 Å². The van der Waals surface area contributed by atoms with Crippen molar-refractivity contribution in [1.29, 1.82) is 0 Å². The van der Waals surface area contributed by atoms with Crippen molar-refractivity contribution < 1.29 is 0 Å². The molecule has 1 aromatic heterocycles. The summed E-state index contributed by atoms with van der Waals surface area (Å²) in [5, 5.41) is 2.19. The lowest BCUT2D eigenvalue weighted by molar-refractivity contribution is 0.381. The molecule has 0 saturated heterocycles. The van der Waals surface area contributed by atoms with Gasteiger partial charge in [0.2, 0.25) is 0 Å². The van der Waals surface area contributed by atoms with Crippen molar-refractivity contribution in [3.8, 4) is 0 Å². The Balaban J connectivity index is 2.11. The fraction of sp³-hybridized carbons (Fsp3) is 0.400. The molecule has 0 aliphatic carbocycles. The molecule has 0 bridgehead atoms. The molecule has 0 saturated carbocycles. The van der Waals surface area contributed by atoms with Crippen LogP contribution in [0.1, 0.15) is 41.7 Å². The van der Waals surface area contributed by atoms with Gasteiger partial charge in [-0.25, -0.2) is 0 Å². The zero-order valence-electron chi connectivity index (χ0n) is 14.0. The second-order valence-corrected chi connectivity index (χ2v) is 7.04. The van der Waals surface area contributed by atoms with Gasteiger partial charge < -0.3 is 4.90 Å². The van der Waals surface area contributed by atoms with Gasteiger partial charge >= 0.3 is 0 Å². The fourth-order valence-electron chi connectivity index (χ4n) is 2.64. The standard InChI is InChI=1S/C20H27NS/c1-4-5-8-17-9-6-10-18(15-17)16-19(12-13-21(2)3)20-11-7-14-22-20/h5-11,14-15,19H,4,12-13,16H2,1-3H3/b8-5-. The molecule has 2 heteroatoms. The minimum atomic E-state index is 0.618. The van der Waals surface area contributed by atoms with E-state index in [1.165, 1.54) is 22.4 Å². The molecular weight excluding hydrogens is 286 g/mol. The monoisotopic (exact) mass is 313 g/mol. The average Bonchev–Trinajstić information content (AvgIpc) is 3.04. The first-order valence-electron chi connectivity index (χ1n) is 8.12. The van der Waals surface area contributed by atoms with Crippen LogP contribution in [0.15, 0.2) is 47.9 Å². The second kappa shape index (κ2) is 8.92. The topological polar surface area (TPSA) is 3.24 Å². The van der Waals surface area contributed by atoms with Gasteiger partial charge in [-0.05, 0) is 68.4 Å². The van der Waals surface area contributed by atoms with Crippen LogP contribution in [0.4, 0.5) is 0 Å². The minimum absolute atomic E-state index is 0.618. The van der Waals surface area contributed by atoms with Crippen molar-refractivity contribution in [2.75, 3.05) is 20.6 Å². The smallest absolute Gasteiger partial charge is 0.00799 e. The van der Waals surface area contributed by atoms with E-state index in [4.69, 9.17) is 0 Å². The van der Waals surface area contributed by atoms with Crippen LogP contribution in [-0.4, -0.2) is 25.5 Å². The Morgan fingerprint density at radius 1 is 1.18 bits per heavy atom. The van der Waals surface area contributed by atoms with Crippen LogP contribution < -0.4 is 0 Å². The van der Waals surface area contributed by atoms with E-state index in [2.05, 4.69) is 79.8 Å². The molecule has 0 spiro atoms. The first-order chi connectivity index (χ1) is 10.7. The molecular formula is C20H27NS. The van der Waals surface area contributed by atoms with Gasteiger partial charge in [-0.15, -0.1) is 11.3 Å². The zero-order chi connectivity index (χ0) is 15.8. The zero-order valence-corrected chi connectivity index (χ0v) is 14.8. The molecule has 1 nitrogen and oxygen atoms in total. The Morgan fingerprint density at radius 2 is 2.05 bits per heavy atom. The Labute approximate surface area is 139 Å². The molecule has 0 aliphatic heterocycles. The SMILES string of the molecule is CC/C=C\c1cccc(CC(CCN(C)C)c2cccs2)c1. The van der Waals surface area contributed by atoms with E-state index in [-0.39, 0.29) is 0 Å². The number of thiophene rings is 1. The number of nitrogens with zero attached hydrogens (tertiary/aromatic N) is 1. The third-order valence-corrected chi connectivity index (χ3v) is 4.88. The molecule has 1 aromatic carbocycles. The average molecular weight is 314 g/mol. The van der Waals surface area contributed by atoms with Crippen molar-refractivity contribution in [2.24, 2.45) is 0 Å². The highest BCUT2D eigenvalue weighted by Gasteiger charge is 2.14. The van der Waals surface area contributed by atoms with Crippen LogP contribution in [0.25, 0.3) is 6.08 Å². The second-order valence-electron chi connectivity index (χ2n) is 6.06. The summed E-state index contributed by atoms with van der Waals surface area (Å²) >= 11 is 1.89. The van der Waals surface area contributed by atoms with Gasteiger partial charge in [-0.2, -0.15) is 0 Å². The predicted molar refractivity (Wildman–Crippen MR) is 99.7 cm³/mol. The third kappa shape index (κ3) is 5.43. The predicted octanol–water partition coefficient (Wildman–Crippen LogP) is 5.45. The highest BCUT2D eigenvalue weighted by atomic mass is 32.1. The molecule has 0 fully saturated rings. The van der Waals surface area contributed by atoms with E-state index in [1.54, 1.807) is 0 Å². The summed E-state index contributed by atoms with van der Waals surface area (Å²) in [6, 6.07) is 13.4. The van der Waals surface area contributed by atoms with E-state index in [9.17, 15) is 0 Å². The van der Waals surface area contributed by atoms with Crippen molar-refractivity contribution in [3.05, 3.63) is 63.9 Å². The van der Waals surface area contributed by atoms with Crippen LogP contribution in [0.5, 0.6) is 0 Å². The van der Waals surface area contributed by atoms with Crippen LogP contribution in [-0.2, 0) is 6.42 Å². The number of hydrogen-bond donors (Lipinski definition) is 0. The Bertz CT molecular complexity index is 569. The quantitative estimate of drug-likeness (QED) is 0.626. The van der Waals surface area contributed by atoms with Gasteiger partial charge in [0.1, 0.15) is 0 Å². The maximum Gasteiger partial charge on any atom is 0.00799 e. The third-order valence-electron chi connectivity index (χ3n) is 3.85. The highest BCUT2D eigenvalue weighted by molar-refractivity contribution is 7.10. The molecule has 1 unspecified atom stereocenters. The van der Waals surface area contributed by atoms with Crippen molar-refractivity contribution in [2.45, 2.75) is 32.1 Å². The Hall–Kier alpha value is -1.38. The lowest BCUT2D eigenvalue weighted by Crippen LogP contribution is -2.16. The summed E-state index contributed by atoms with van der Waals surface area (Å²) < 4.78 is 0. The Morgan fingerprint density at radius 3 is 2.73 bits per heavy atom. The summed E-state index contributed by atoms with van der Waals surface area (Å²) in [6.07, 6.45) is 7.88. The van der Waals surface area contributed by atoms with Crippen molar-refractivity contribution in [1.82, 2.24) is 4.90 Å². The molecule has 0 radical (unpaired) electrons. The summed E-state index contributed by atoms with van der Waals surface area (Å²) in [5.41, 5.74) is 2.76. The fourth-order valence-corrected chi connectivity index (χ4v) is 3.51. The molecule has 22 heavy (non-hydrogen) atoms. The number of allylic oxidation sites excluding steroid dienone is 1. The van der Waals surface area contributed by atoms with Gasteiger partial charge in [-0.3, -0.25) is 0 Å². The number of hydrogen-bond acceptors (Lipinski definition) is 2. The number of rotatable bonds is 8. The van der Waals surface area contributed by atoms with Crippen LogP contribution >= 0.6 is 11.3 Å². The molecule has 2 rings (SSSR count). The Kier molecular flexibility index (Phi) is 6.88. The molecule has 1 heterocycles. The lowest BCUT2D eigenvalue weighted by Gasteiger charge is -2.18. The van der Waals surface area contributed by atoms with E-state index < -0.39 is 0 Å². The van der Waals surface area contributed by atoms with Crippen LogP contribution in [0.2, 0.25) is 0 Å². The molecule has 1 atom stereocenters. The van der Waals surface area contributed by atoms with E-state index >= 15 is 0 Å². The summed E-state index contributed by atoms with van der Waals surface area (Å²) in [5.74, 6) is 0.618. The van der Waals surface area contributed by atoms with E-state index in [1.807, 2.05) is 11.3 Å². The van der Waals surface area contributed by atoms with E-state index in [0.29, 0.717) is 5.92 Å². The van der Waals surface area contributed by atoms with Crippen molar-refractivity contribution >= 4 is 17.4 Å². The summed E-state index contributed by atoms with van der Waals surface area (Å²) in [7, 11) is 4.31. The first kappa shape index (κ1) is 17.0. The van der Waals surface area contributed by atoms with Crippen LogP contribution in [0.3, 0.4) is 0 Å². The largest absolute Gasteiger partial charge is 0.309 e. The number of benzene rings is 1. The highest BCUT2D eigenvalue weighted by Crippen LogP contribution is 2.28. The van der Waals surface area contributed by atoms with Gasteiger partial charge in [-0.1, -0.05) is 49.4 Å². The first-order valence-corrected chi connectivity index (χ1v) is 9.00. The maximum absolute atomic E-state index is 2.34. The minimum Gasteiger partial charge on any atom is -0.309 e. The van der Waals surface area contributed by atoms with Crippen molar-refractivity contribution in [3.63, 3.8) is 0 Å². The van der Waals surface area contributed by atoms with Gasteiger partial charge in [0.15, 0.2) is 0 Å². The van der Waals surface area contributed by atoms with E-state index in [0.717, 1.165) is 19.4 Å². The van der Waals surface area contributed by atoms with Gasteiger partial charge in [0, 0.05) is 4.88 Å². The lowest BCUT2D eigenvalue weighted by atomic mass is 9.93. The summed E-state index contributed by atoms with van der Waals surface area (Å²) in [4.78, 5) is 3.79. The maximum atomic E-state index is 2.34. The normalized spacial score (nSPS) is 13.1. The molecule has 118 valence electrons. The molecule has 0 aliphatic rings. The van der Waals surface area contributed by atoms with Gasteiger partial charge in [0.05, 0.1) is 0 Å². The molecule has 2 aromatic rings. The van der Waals surface area contributed by atoms with Gasteiger partial charge in [0.25, 0.3) is 0 Å². The molecule has 0 amide bonds. The summed E-state index contributed by atoms with van der Waals surface area (Å²) in [6.45, 7) is 3.31. The molecule has 0 N–H and O–H groups in total.